The first-order valence-electron chi connectivity index (χ1n) is 9.92. The third-order valence-electron chi connectivity index (χ3n) is 5.85. The number of benzene rings is 2. The van der Waals surface area contributed by atoms with E-state index in [0.29, 0.717) is 17.7 Å². The molecule has 8 heteroatoms. The number of halogens is 1. The van der Waals surface area contributed by atoms with Crippen LogP contribution in [0.1, 0.15) is 55.1 Å². The van der Waals surface area contributed by atoms with Gasteiger partial charge in [-0.05, 0) is 37.1 Å². The standard InChI is InChI=1S/C22H27ClN2O4S/c1-5-22(6-2)14-19(17-9-7-8-10-20(17)29-22)24-21(26)16-12-11-15(13-18(16)23)25(3)30(4,27)28/h7-13,19H,5-6,14H2,1-4H3,(H,24,26)/t19-/m1/s1. The third kappa shape index (κ3) is 4.42. The molecule has 3 rings (SSSR count). The Morgan fingerprint density at radius 1 is 1.23 bits per heavy atom. The van der Waals surface area contributed by atoms with Gasteiger partial charge < -0.3 is 10.1 Å². The lowest BCUT2D eigenvalue weighted by atomic mass is 9.83. The number of carbonyl (C=O) groups excluding carboxylic acids is 1. The minimum atomic E-state index is -3.42. The Hall–Kier alpha value is -2.25. The molecule has 1 atom stereocenters. The van der Waals surface area contributed by atoms with Crippen molar-refractivity contribution >= 4 is 33.2 Å². The van der Waals surface area contributed by atoms with E-state index in [-0.39, 0.29) is 22.6 Å². The molecule has 0 spiro atoms. The van der Waals surface area contributed by atoms with E-state index in [1.54, 1.807) is 12.1 Å². The second-order valence-corrected chi connectivity index (χ2v) is 10.1. The monoisotopic (exact) mass is 450 g/mol. The van der Waals surface area contributed by atoms with Crippen molar-refractivity contribution < 1.29 is 17.9 Å². The predicted molar refractivity (Wildman–Crippen MR) is 120 cm³/mol. The Labute approximate surface area is 183 Å². The molecule has 1 aliphatic heterocycles. The van der Waals surface area contributed by atoms with E-state index in [1.807, 2.05) is 24.3 Å². The smallest absolute Gasteiger partial charge is 0.253 e. The van der Waals surface area contributed by atoms with E-state index in [0.717, 1.165) is 34.7 Å². The molecule has 0 saturated carbocycles. The number of carbonyl (C=O) groups is 1. The van der Waals surface area contributed by atoms with Gasteiger partial charge in [0.2, 0.25) is 10.0 Å². The van der Waals surface area contributed by atoms with Crippen molar-refractivity contribution in [1.82, 2.24) is 5.32 Å². The van der Waals surface area contributed by atoms with Crippen LogP contribution in [0.15, 0.2) is 42.5 Å². The zero-order chi connectivity index (χ0) is 22.1. The third-order valence-corrected chi connectivity index (χ3v) is 7.37. The van der Waals surface area contributed by atoms with Gasteiger partial charge in [0.15, 0.2) is 0 Å². The second kappa shape index (κ2) is 8.47. The van der Waals surface area contributed by atoms with Gasteiger partial charge in [0.1, 0.15) is 11.4 Å². The van der Waals surface area contributed by atoms with Gasteiger partial charge in [0.05, 0.1) is 28.6 Å². The fourth-order valence-electron chi connectivity index (χ4n) is 3.74. The molecule has 30 heavy (non-hydrogen) atoms. The topological polar surface area (TPSA) is 75.7 Å². The van der Waals surface area contributed by atoms with Crippen molar-refractivity contribution in [2.24, 2.45) is 0 Å². The zero-order valence-corrected chi connectivity index (χ0v) is 19.2. The molecule has 0 aliphatic carbocycles. The Morgan fingerprint density at radius 3 is 2.50 bits per heavy atom. The Kier molecular flexibility index (Phi) is 6.34. The average molecular weight is 451 g/mol. The number of ether oxygens (including phenoxy) is 1. The molecule has 1 heterocycles. The number of rotatable bonds is 6. The van der Waals surface area contributed by atoms with Crippen LogP contribution < -0.4 is 14.4 Å². The number of hydrogen-bond donors (Lipinski definition) is 1. The molecule has 0 bridgehead atoms. The number of hydrogen-bond acceptors (Lipinski definition) is 4. The lowest BCUT2D eigenvalue weighted by Gasteiger charge is -2.41. The molecule has 1 N–H and O–H groups in total. The molecular formula is C22H27ClN2O4S. The van der Waals surface area contributed by atoms with Crippen molar-refractivity contribution in [3.8, 4) is 5.75 Å². The van der Waals surface area contributed by atoms with Crippen molar-refractivity contribution in [2.45, 2.75) is 44.8 Å². The zero-order valence-electron chi connectivity index (χ0n) is 17.6. The quantitative estimate of drug-likeness (QED) is 0.700. The highest BCUT2D eigenvalue weighted by Crippen LogP contribution is 2.42. The Balaban J connectivity index is 1.88. The minimum Gasteiger partial charge on any atom is -0.487 e. The van der Waals surface area contributed by atoms with Gasteiger partial charge in [-0.25, -0.2) is 8.42 Å². The molecule has 162 valence electrons. The van der Waals surface area contributed by atoms with Crippen molar-refractivity contribution in [2.75, 3.05) is 17.6 Å². The van der Waals surface area contributed by atoms with Crippen LogP contribution in [0.2, 0.25) is 5.02 Å². The Bertz CT molecular complexity index is 1050. The molecule has 6 nitrogen and oxygen atoms in total. The summed E-state index contributed by atoms with van der Waals surface area (Å²) in [5, 5.41) is 3.29. The molecule has 0 saturated heterocycles. The van der Waals surface area contributed by atoms with Crippen molar-refractivity contribution in [3.05, 3.63) is 58.6 Å². The van der Waals surface area contributed by atoms with Gasteiger partial charge in [-0.3, -0.25) is 9.10 Å². The molecule has 0 aromatic heterocycles. The highest BCUT2D eigenvalue weighted by Gasteiger charge is 2.39. The molecule has 1 amide bonds. The lowest BCUT2D eigenvalue weighted by Crippen LogP contribution is -2.44. The molecule has 0 fully saturated rings. The predicted octanol–water partition coefficient (Wildman–Crippen LogP) is 4.55. The van der Waals surface area contributed by atoms with E-state index >= 15 is 0 Å². The summed E-state index contributed by atoms with van der Waals surface area (Å²) in [5.74, 6) is 0.477. The van der Waals surface area contributed by atoms with Crippen LogP contribution in [-0.4, -0.2) is 33.2 Å². The van der Waals surface area contributed by atoms with Crippen LogP contribution in [0.5, 0.6) is 5.75 Å². The summed E-state index contributed by atoms with van der Waals surface area (Å²) >= 11 is 6.34. The molecule has 1 aliphatic rings. The summed E-state index contributed by atoms with van der Waals surface area (Å²) in [6.07, 6.45) is 3.43. The first kappa shape index (κ1) is 22.4. The maximum Gasteiger partial charge on any atom is 0.253 e. The molecule has 2 aromatic rings. The SMILES string of the molecule is CCC1(CC)C[C@@H](NC(=O)c2ccc(N(C)S(C)(=O)=O)cc2Cl)c2ccccc2O1. The van der Waals surface area contributed by atoms with Gasteiger partial charge in [-0.1, -0.05) is 43.6 Å². The first-order valence-corrected chi connectivity index (χ1v) is 12.1. The summed E-state index contributed by atoms with van der Waals surface area (Å²) < 4.78 is 30.9. The van der Waals surface area contributed by atoms with Crippen LogP contribution in [0.3, 0.4) is 0 Å². The van der Waals surface area contributed by atoms with Crippen LogP contribution in [0.25, 0.3) is 0 Å². The van der Waals surface area contributed by atoms with Gasteiger partial charge in [0.25, 0.3) is 5.91 Å². The Morgan fingerprint density at radius 2 is 1.90 bits per heavy atom. The average Bonchev–Trinajstić information content (AvgIpc) is 2.72. The lowest BCUT2D eigenvalue weighted by molar-refractivity contribution is 0.0227. The minimum absolute atomic E-state index is 0.193. The summed E-state index contributed by atoms with van der Waals surface area (Å²) in [4.78, 5) is 13.0. The van der Waals surface area contributed by atoms with E-state index in [2.05, 4.69) is 19.2 Å². The van der Waals surface area contributed by atoms with Crippen molar-refractivity contribution in [1.29, 1.82) is 0 Å². The van der Waals surface area contributed by atoms with Crippen LogP contribution >= 0.6 is 11.6 Å². The number of nitrogens with zero attached hydrogens (tertiary/aromatic N) is 1. The van der Waals surface area contributed by atoms with E-state index in [9.17, 15) is 13.2 Å². The number of nitrogens with one attached hydrogen (secondary N) is 1. The molecular weight excluding hydrogens is 424 g/mol. The van der Waals surface area contributed by atoms with Gasteiger partial charge in [-0.2, -0.15) is 0 Å². The number of anilines is 1. The van der Waals surface area contributed by atoms with Gasteiger partial charge in [0, 0.05) is 19.0 Å². The fraction of sp³-hybridized carbons (Fsp3) is 0.409. The number of amides is 1. The normalized spacial score (nSPS) is 17.6. The van der Waals surface area contributed by atoms with E-state index in [4.69, 9.17) is 16.3 Å². The number of sulfonamides is 1. The van der Waals surface area contributed by atoms with E-state index < -0.39 is 10.0 Å². The van der Waals surface area contributed by atoms with Gasteiger partial charge in [-0.15, -0.1) is 0 Å². The fourth-order valence-corrected chi connectivity index (χ4v) is 4.50. The largest absolute Gasteiger partial charge is 0.487 e. The van der Waals surface area contributed by atoms with Crippen LogP contribution in [-0.2, 0) is 10.0 Å². The summed E-state index contributed by atoms with van der Waals surface area (Å²) in [6.45, 7) is 4.17. The van der Waals surface area contributed by atoms with Gasteiger partial charge >= 0.3 is 0 Å². The van der Waals surface area contributed by atoms with Crippen molar-refractivity contribution in [3.63, 3.8) is 0 Å². The summed E-state index contributed by atoms with van der Waals surface area (Å²) in [6, 6.07) is 12.1. The first-order chi connectivity index (χ1) is 14.1. The number of fused-ring (bicyclic) bond motifs is 1. The van der Waals surface area contributed by atoms with E-state index in [1.165, 1.54) is 13.1 Å². The highest BCUT2D eigenvalue weighted by atomic mass is 35.5. The van der Waals surface area contributed by atoms with Crippen LogP contribution in [0.4, 0.5) is 5.69 Å². The molecule has 0 unspecified atom stereocenters. The maximum absolute atomic E-state index is 13.0. The summed E-state index contributed by atoms with van der Waals surface area (Å²) in [5.41, 5.74) is 1.29. The molecule has 0 radical (unpaired) electrons. The highest BCUT2D eigenvalue weighted by molar-refractivity contribution is 7.92. The summed E-state index contributed by atoms with van der Waals surface area (Å²) in [7, 11) is -1.98. The second-order valence-electron chi connectivity index (χ2n) is 7.65. The maximum atomic E-state index is 13.0. The number of para-hydroxylation sites is 1. The molecule has 2 aromatic carbocycles. The van der Waals surface area contributed by atoms with Crippen LogP contribution in [0, 0.1) is 0 Å².